The highest BCUT2D eigenvalue weighted by Crippen LogP contribution is 2.33. The van der Waals surface area contributed by atoms with Crippen molar-refractivity contribution in [3.05, 3.63) is 35.4 Å². The molecule has 3 heteroatoms. The molecule has 18 heavy (non-hydrogen) atoms. The predicted molar refractivity (Wildman–Crippen MR) is 72.5 cm³/mol. The number of fused-ring (bicyclic) bond motifs is 1. The summed E-state index contributed by atoms with van der Waals surface area (Å²) in [5.74, 6) is 0. The highest BCUT2D eigenvalue weighted by atomic mass is 16.5. The number of hydrogen-bond acceptors (Lipinski definition) is 3. The normalized spacial score (nSPS) is 28.6. The molecule has 2 aliphatic rings. The molecule has 1 heterocycles. The summed E-state index contributed by atoms with van der Waals surface area (Å²) in [6.45, 7) is 1.79. The average Bonchev–Trinajstić information content (AvgIpc) is 2.77. The summed E-state index contributed by atoms with van der Waals surface area (Å²) in [5.41, 5.74) is 9.18. The Labute approximate surface area is 109 Å². The van der Waals surface area contributed by atoms with Crippen molar-refractivity contribution >= 4 is 0 Å². The van der Waals surface area contributed by atoms with E-state index in [4.69, 9.17) is 10.5 Å². The van der Waals surface area contributed by atoms with Crippen molar-refractivity contribution in [1.29, 1.82) is 0 Å². The van der Waals surface area contributed by atoms with Crippen molar-refractivity contribution in [3.63, 3.8) is 0 Å². The van der Waals surface area contributed by atoms with E-state index >= 15 is 0 Å². The van der Waals surface area contributed by atoms with Gasteiger partial charge in [0.2, 0.25) is 0 Å². The Morgan fingerprint density at radius 2 is 1.94 bits per heavy atom. The third-order valence-electron chi connectivity index (χ3n) is 4.55. The molecule has 3 rings (SSSR count). The van der Waals surface area contributed by atoms with Crippen LogP contribution in [0, 0.1) is 0 Å². The van der Waals surface area contributed by atoms with Crippen LogP contribution in [-0.4, -0.2) is 37.2 Å². The number of rotatable bonds is 2. The lowest BCUT2D eigenvalue weighted by Crippen LogP contribution is -2.46. The van der Waals surface area contributed by atoms with E-state index in [2.05, 4.69) is 36.2 Å². The fraction of sp³-hybridized carbons (Fsp3) is 0.600. The number of hydrogen-bond donors (Lipinski definition) is 1. The van der Waals surface area contributed by atoms with Crippen molar-refractivity contribution in [2.75, 3.05) is 20.3 Å². The highest BCUT2D eigenvalue weighted by molar-refractivity contribution is 5.36. The van der Waals surface area contributed by atoms with E-state index in [0.29, 0.717) is 12.1 Å². The third kappa shape index (κ3) is 2.07. The first kappa shape index (κ1) is 12.2. The summed E-state index contributed by atoms with van der Waals surface area (Å²) in [6.07, 6.45) is 3.36. The number of nitrogens with two attached hydrogens (primary N) is 1. The first-order valence-electron chi connectivity index (χ1n) is 6.90. The molecular formula is C15H22N2O. The maximum Gasteiger partial charge on any atom is 0.0480 e. The van der Waals surface area contributed by atoms with E-state index in [0.717, 1.165) is 32.5 Å². The second-order valence-electron chi connectivity index (χ2n) is 5.51. The minimum atomic E-state index is 0.161. The van der Waals surface area contributed by atoms with Gasteiger partial charge in [0.15, 0.2) is 0 Å². The summed E-state index contributed by atoms with van der Waals surface area (Å²) < 4.78 is 5.44. The summed E-state index contributed by atoms with van der Waals surface area (Å²) in [7, 11) is 2.23. The Morgan fingerprint density at radius 3 is 2.67 bits per heavy atom. The van der Waals surface area contributed by atoms with Crippen LogP contribution in [0.5, 0.6) is 0 Å². The van der Waals surface area contributed by atoms with Gasteiger partial charge >= 0.3 is 0 Å². The highest BCUT2D eigenvalue weighted by Gasteiger charge is 2.35. The molecule has 1 aromatic carbocycles. The second-order valence-corrected chi connectivity index (χ2v) is 5.51. The van der Waals surface area contributed by atoms with E-state index in [1.54, 1.807) is 0 Å². The van der Waals surface area contributed by atoms with Crippen LogP contribution in [0.1, 0.15) is 30.0 Å². The number of likely N-dealkylation sites (N-methyl/N-ethyl adjacent to an activating group) is 1. The topological polar surface area (TPSA) is 38.5 Å². The van der Waals surface area contributed by atoms with Crippen LogP contribution < -0.4 is 5.73 Å². The van der Waals surface area contributed by atoms with Gasteiger partial charge in [0, 0.05) is 31.3 Å². The average molecular weight is 246 g/mol. The largest absolute Gasteiger partial charge is 0.381 e. The van der Waals surface area contributed by atoms with Gasteiger partial charge in [0.1, 0.15) is 0 Å². The lowest BCUT2D eigenvalue weighted by Gasteiger charge is -2.37. The van der Waals surface area contributed by atoms with Gasteiger partial charge in [-0.3, -0.25) is 4.90 Å². The van der Waals surface area contributed by atoms with Crippen molar-refractivity contribution in [3.8, 4) is 0 Å². The minimum absolute atomic E-state index is 0.161. The lowest BCUT2D eigenvalue weighted by molar-refractivity contribution is 0.0260. The van der Waals surface area contributed by atoms with Gasteiger partial charge in [-0.1, -0.05) is 24.3 Å². The summed E-state index contributed by atoms with van der Waals surface area (Å²) in [5, 5.41) is 0. The molecule has 0 bridgehead atoms. The molecule has 2 atom stereocenters. The zero-order valence-electron chi connectivity index (χ0n) is 11.0. The Kier molecular flexibility index (Phi) is 3.37. The van der Waals surface area contributed by atoms with Gasteiger partial charge < -0.3 is 10.5 Å². The van der Waals surface area contributed by atoms with Crippen LogP contribution in [0.2, 0.25) is 0 Å². The Bertz CT molecular complexity index is 415. The molecule has 0 spiro atoms. The molecule has 0 amide bonds. The van der Waals surface area contributed by atoms with E-state index in [1.165, 1.54) is 11.1 Å². The van der Waals surface area contributed by atoms with Crippen molar-refractivity contribution < 1.29 is 4.74 Å². The third-order valence-corrected chi connectivity index (χ3v) is 4.55. The van der Waals surface area contributed by atoms with Crippen molar-refractivity contribution in [1.82, 2.24) is 4.90 Å². The molecule has 1 saturated heterocycles. The Balaban J connectivity index is 1.74. The van der Waals surface area contributed by atoms with E-state index in [-0.39, 0.29) is 6.04 Å². The van der Waals surface area contributed by atoms with E-state index in [1.807, 2.05) is 0 Å². The molecule has 2 unspecified atom stereocenters. The molecule has 3 nitrogen and oxygen atoms in total. The van der Waals surface area contributed by atoms with Crippen LogP contribution in [0.3, 0.4) is 0 Å². The van der Waals surface area contributed by atoms with Crippen LogP contribution in [0.15, 0.2) is 24.3 Å². The molecular weight excluding hydrogens is 224 g/mol. The van der Waals surface area contributed by atoms with Gasteiger partial charge in [0.25, 0.3) is 0 Å². The maximum atomic E-state index is 6.43. The number of nitrogens with zero attached hydrogens (tertiary/aromatic N) is 1. The monoisotopic (exact) mass is 246 g/mol. The number of benzene rings is 1. The Hall–Kier alpha value is -0.900. The lowest BCUT2D eigenvalue weighted by atomic mass is 10.0. The van der Waals surface area contributed by atoms with Crippen LogP contribution in [0.4, 0.5) is 0 Å². The molecule has 0 aromatic heterocycles. The van der Waals surface area contributed by atoms with Gasteiger partial charge in [-0.05, 0) is 37.4 Å². The van der Waals surface area contributed by atoms with E-state index < -0.39 is 0 Å². The minimum Gasteiger partial charge on any atom is -0.381 e. The molecule has 1 aliphatic carbocycles. The predicted octanol–water partition coefficient (Wildman–Crippen LogP) is 1.72. The van der Waals surface area contributed by atoms with Gasteiger partial charge in [0.05, 0.1) is 0 Å². The quantitative estimate of drug-likeness (QED) is 0.863. The second kappa shape index (κ2) is 5.00. The van der Waals surface area contributed by atoms with Crippen LogP contribution >= 0.6 is 0 Å². The van der Waals surface area contributed by atoms with Crippen LogP contribution in [-0.2, 0) is 11.2 Å². The fourth-order valence-corrected chi connectivity index (χ4v) is 3.37. The van der Waals surface area contributed by atoms with Gasteiger partial charge in [-0.2, -0.15) is 0 Å². The Morgan fingerprint density at radius 1 is 1.22 bits per heavy atom. The summed E-state index contributed by atoms with van der Waals surface area (Å²) >= 11 is 0. The maximum absolute atomic E-state index is 6.43. The molecule has 1 aromatic rings. The molecule has 98 valence electrons. The molecule has 0 radical (unpaired) electrons. The zero-order chi connectivity index (χ0) is 12.5. The van der Waals surface area contributed by atoms with Gasteiger partial charge in [-0.15, -0.1) is 0 Å². The number of ether oxygens (including phenoxy) is 1. The smallest absolute Gasteiger partial charge is 0.0480 e. The molecule has 0 saturated carbocycles. The SMILES string of the molecule is CN(C1CCOCC1)C1Cc2ccccc2C1N. The van der Waals surface area contributed by atoms with Crippen molar-refractivity contribution in [2.24, 2.45) is 5.73 Å². The standard InChI is InChI=1S/C15H22N2O/c1-17(12-6-8-18-9-7-12)14-10-11-4-2-3-5-13(11)15(14)16/h2-5,12,14-15H,6-10,16H2,1H3. The van der Waals surface area contributed by atoms with Crippen molar-refractivity contribution in [2.45, 2.75) is 37.4 Å². The first-order valence-corrected chi connectivity index (χ1v) is 6.90. The molecule has 1 aliphatic heterocycles. The fourth-order valence-electron chi connectivity index (χ4n) is 3.37. The first-order chi connectivity index (χ1) is 8.77. The van der Waals surface area contributed by atoms with E-state index in [9.17, 15) is 0 Å². The zero-order valence-corrected chi connectivity index (χ0v) is 11.0. The van der Waals surface area contributed by atoms with Crippen LogP contribution in [0.25, 0.3) is 0 Å². The molecule has 2 N–H and O–H groups in total. The van der Waals surface area contributed by atoms with Gasteiger partial charge in [-0.25, -0.2) is 0 Å². The molecule has 1 fully saturated rings. The summed E-state index contributed by atoms with van der Waals surface area (Å²) in [4.78, 5) is 2.49. The summed E-state index contributed by atoms with van der Waals surface area (Å²) in [6, 6.07) is 9.84.